The summed E-state index contributed by atoms with van der Waals surface area (Å²) in [4.78, 5) is 19.3. The number of nitrogens with zero attached hydrogens (tertiary/aromatic N) is 2. The van der Waals surface area contributed by atoms with Crippen molar-refractivity contribution in [3.8, 4) is 17.0 Å². The van der Waals surface area contributed by atoms with Gasteiger partial charge in [-0.05, 0) is 37.1 Å². The fourth-order valence-electron chi connectivity index (χ4n) is 3.14. The number of aryl methyl sites for hydroxylation is 1. The average Bonchev–Trinajstić information content (AvgIpc) is 3.05. The van der Waals surface area contributed by atoms with Crippen LogP contribution in [0, 0.1) is 0 Å². The van der Waals surface area contributed by atoms with E-state index < -0.39 is 0 Å². The Morgan fingerprint density at radius 3 is 2.57 bits per heavy atom. The molecule has 0 radical (unpaired) electrons. The molecule has 1 aromatic heterocycles. The quantitative estimate of drug-likeness (QED) is 0.527. The lowest BCUT2D eigenvalue weighted by atomic mass is 10.1. The van der Waals surface area contributed by atoms with Gasteiger partial charge in [-0.3, -0.25) is 4.79 Å². The van der Waals surface area contributed by atoms with E-state index in [0.29, 0.717) is 21.1 Å². The van der Waals surface area contributed by atoms with Gasteiger partial charge in [0.25, 0.3) is 5.91 Å². The number of hydrogen-bond donors (Lipinski definition) is 0. The van der Waals surface area contributed by atoms with E-state index in [1.807, 2.05) is 18.2 Å². The highest BCUT2D eigenvalue weighted by molar-refractivity contribution is 7.09. The van der Waals surface area contributed by atoms with Gasteiger partial charge in [-0.15, -0.1) is 11.3 Å². The zero-order chi connectivity index (χ0) is 20.1. The maximum Gasteiger partial charge on any atom is 0.283 e. The first-order valence-corrected chi connectivity index (χ1v) is 10.5. The Morgan fingerprint density at radius 1 is 1.18 bits per heavy atom. The molecule has 0 spiro atoms. The summed E-state index contributed by atoms with van der Waals surface area (Å²) in [7, 11) is 1.53. The van der Waals surface area contributed by atoms with Crippen LogP contribution in [0.4, 0.5) is 0 Å². The van der Waals surface area contributed by atoms with Crippen LogP contribution >= 0.6 is 22.9 Å². The molecular formula is C22H23ClN2O2S. The Balaban J connectivity index is 2.17. The highest BCUT2D eigenvalue weighted by Crippen LogP contribution is 2.28. The molecule has 2 aromatic carbocycles. The standard InChI is InChI=1S/C22H23ClN2O2S/c1-4-9-19-20(15-10-7-6-8-11-15)25(5-2)22(28-19)24-21(26)17-14-16(23)12-13-18(17)27-3/h6-8,10-14H,4-5,9H2,1-3H3. The Bertz CT molecular complexity index is 1040. The molecule has 1 amide bonds. The number of ether oxygens (including phenoxy) is 1. The molecule has 28 heavy (non-hydrogen) atoms. The molecular weight excluding hydrogens is 392 g/mol. The van der Waals surface area contributed by atoms with Crippen LogP contribution in [0.15, 0.2) is 53.5 Å². The second-order valence-electron chi connectivity index (χ2n) is 6.28. The zero-order valence-electron chi connectivity index (χ0n) is 16.2. The first kappa shape index (κ1) is 20.4. The topological polar surface area (TPSA) is 43.6 Å². The SMILES string of the molecule is CCCc1sc(=NC(=O)c2cc(Cl)ccc2OC)n(CC)c1-c1ccccc1. The van der Waals surface area contributed by atoms with Crippen molar-refractivity contribution in [3.63, 3.8) is 0 Å². The molecule has 0 aliphatic carbocycles. The van der Waals surface area contributed by atoms with E-state index in [2.05, 4.69) is 35.5 Å². The van der Waals surface area contributed by atoms with Gasteiger partial charge >= 0.3 is 0 Å². The van der Waals surface area contributed by atoms with Crippen molar-refractivity contribution < 1.29 is 9.53 Å². The predicted octanol–water partition coefficient (Wildman–Crippen LogP) is 5.59. The van der Waals surface area contributed by atoms with Gasteiger partial charge in [0.2, 0.25) is 0 Å². The number of benzene rings is 2. The fraction of sp³-hybridized carbons (Fsp3) is 0.273. The van der Waals surface area contributed by atoms with Crippen molar-refractivity contribution in [2.24, 2.45) is 4.99 Å². The van der Waals surface area contributed by atoms with Crippen molar-refractivity contribution in [2.75, 3.05) is 7.11 Å². The Labute approximate surface area is 174 Å². The van der Waals surface area contributed by atoms with E-state index in [1.54, 1.807) is 29.5 Å². The first-order chi connectivity index (χ1) is 13.6. The molecule has 0 bridgehead atoms. The van der Waals surface area contributed by atoms with Crippen LogP contribution in [0.25, 0.3) is 11.3 Å². The Morgan fingerprint density at radius 2 is 1.93 bits per heavy atom. The molecule has 3 aromatic rings. The molecule has 0 unspecified atom stereocenters. The molecule has 0 saturated heterocycles. The van der Waals surface area contributed by atoms with Crippen molar-refractivity contribution >= 4 is 28.8 Å². The van der Waals surface area contributed by atoms with E-state index in [9.17, 15) is 4.79 Å². The van der Waals surface area contributed by atoms with E-state index in [-0.39, 0.29) is 5.91 Å². The Kier molecular flexibility index (Phi) is 6.70. The molecule has 3 rings (SSSR count). The second kappa shape index (κ2) is 9.22. The van der Waals surface area contributed by atoms with Crippen LogP contribution in [0.1, 0.15) is 35.5 Å². The number of hydrogen-bond acceptors (Lipinski definition) is 3. The third kappa shape index (κ3) is 4.21. The number of methoxy groups -OCH3 is 1. The van der Waals surface area contributed by atoms with Crippen molar-refractivity contribution in [2.45, 2.75) is 33.2 Å². The third-order valence-corrected chi connectivity index (χ3v) is 5.78. The minimum Gasteiger partial charge on any atom is -0.496 e. The minimum absolute atomic E-state index is 0.356. The van der Waals surface area contributed by atoms with Gasteiger partial charge in [-0.25, -0.2) is 0 Å². The van der Waals surface area contributed by atoms with Gasteiger partial charge in [-0.2, -0.15) is 4.99 Å². The summed E-state index contributed by atoms with van der Waals surface area (Å²) in [6.07, 6.45) is 1.97. The molecule has 0 aliphatic rings. The maximum atomic E-state index is 12.9. The highest BCUT2D eigenvalue weighted by Gasteiger charge is 2.17. The summed E-state index contributed by atoms with van der Waals surface area (Å²) in [6.45, 7) is 4.95. The average molecular weight is 415 g/mol. The number of carbonyl (C=O) groups is 1. The van der Waals surface area contributed by atoms with Gasteiger partial charge in [0.05, 0.1) is 18.4 Å². The number of aromatic nitrogens is 1. The third-order valence-electron chi connectivity index (χ3n) is 4.41. The molecule has 1 heterocycles. The number of rotatable bonds is 6. The molecule has 0 fully saturated rings. The van der Waals surface area contributed by atoms with Crippen molar-refractivity contribution in [1.82, 2.24) is 4.57 Å². The summed E-state index contributed by atoms with van der Waals surface area (Å²) in [5.74, 6) is 0.111. The summed E-state index contributed by atoms with van der Waals surface area (Å²) in [5.41, 5.74) is 2.64. The normalized spacial score (nSPS) is 11.6. The van der Waals surface area contributed by atoms with Gasteiger partial charge in [0.1, 0.15) is 5.75 Å². The van der Waals surface area contributed by atoms with E-state index in [4.69, 9.17) is 16.3 Å². The lowest BCUT2D eigenvalue weighted by Crippen LogP contribution is -2.17. The van der Waals surface area contributed by atoms with Crippen LogP contribution < -0.4 is 9.54 Å². The second-order valence-corrected chi connectivity index (χ2v) is 7.78. The van der Waals surface area contributed by atoms with Crippen LogP contribution in [0.3, 0.4) is 0 Å². The Hall–Kier alpha value is -2.37. The van der Waals surface area contributed by atoms with Gasteiger partial charge in [-0.1, -0.05) is 55.3 Å². The number of carbonyl (C=O) groups excluding carboxylic acids is 1. The number of amides is 1. The van der Waals surface area contributed by atoms with Crippen molar-refractivity contribution in [1.29, 1.82) is 0 Å². The monoisotopic (exact) mass is 414 g/mol. The number of halogens is 1. The van der Waals surface area contributed by atoms with Gasteiger partial charge < -0.3 is 9.30 Å². The van der Waals surface area contributed by atoms with Crippen molar-refractivity contribution in [3.05, 3.63) is 68.8 Å². The molecule has 146 valence electrons. The van der Waals surface area contributed by atoms with E-state index in [1.165, 1.54) is 12.0 Å². The van der Waals surface area contributed by atoms with E-state index in [0.717, 1.165) is 30.6 Å². The summed E-state index contributed by atoms with van der Waals surface area (Å²) in [6, 6.07) is 15.2. The number of thiazole rings is 1. The maximum absolute atomic E-state index is 12.9. The van der Waals surface area contributed by atoms with E-state index >= 15 is 0 Å². The van der Waals surface area contributed by atoms with Crippen LogP contribution in [0.5, 0.6) is 5.75 Å². The highest BCUT2D eigenvalue weighted by atomic mass is 35.5. The summed E-state index contributed by atoms with van der Waals surface area (Å²) < 4.78 is 7.42. The van der Waals surface area contributed by atoms with Crippen LogP contribution in [-0.4, -0.2) is 17.6 Å². The lowest BCUT2D eigenvalue weighted by molar-refractivity contribution is 0.0995. The largest absolute Gasteiger partial charge is 0.496 e. The molecule has 0 atom stereocenters. The minimum atomic E-state index is -0.356. The van der Waals surface area contributed by atoms with Crippen LogP contribution in [0.2, 0.25) is 5.02 Å². The first-order valence-electron chi connectivity index (χ1n) is 9.29. The summed E-state index contributed by atoms with van der Waals surface area (Å²) in [5, 5.41) is 0.477. The molecule has 6 heteroatoms. The van der Waals surface area contributed by atoms with Crippen LogP contribution in [-0.2, 0) is 13.0 Å². The smallest absolute Gasteiger partial charge is 0.283 e. The van der Waals surface area contributed by atoms with Gasteiger partial charge in [0.15, 0.2) is 4.80 Å². The molecule has 0 N–H and O–H groups in total. The zero-order valence-corrected chi connectivity index (χ0v) is 17.8. The molecule has 4 nitrogen and oxygen atoms in total. The van der Waals surface area contributed by atoms with Gasteiger partial charge in [0, 0.05) is 16.4 Å². The predicted molar refractivity (Wildman–Crippen MR) is 115 cm³/mol. The molecule has 0 saturated carbocycles. The lowest BCUT2D eigenvalue weighted by Gasteiger charge is -2.09. The molecule has 0 aliphatic heterocycles. The summed E-state index contributed by atoms with van der Waals surface area (Å²) >= 11 is 7.65. The fourth-order valence-corrected chi connectivity index (χ4v) is 4.62.